The summed E-state index contributed by atoms with van der Waals surface area (Å²) in [6.45, 7) is 3.41. The first-order valence-corrected chi connectivity index (χ1v) is 9.37. The number of aromatic nitrogens is 1. The SMILES string of the molecule is O=C(CN1CCOC(c2nccs2)C1)NCCC1=CCCCC1. The van der Waals surface area contributed by atoms with Gasteiger partial charge in [-0.15, -0.1) is 11.3 Å². The van der Waals surface area contributed by atoms with E-state index < -0.39 is 0 Å². The van der Waals surface area contributed by atoms with Crippen LogP contribution in [0, 0.1) is 0 Å². The summed E-state index contributed by atoms with van der Waals surface area (Å²) in [6.07, 6.45) is 10.2. The highest BCUT2D eigenvalue weighted by Gasteiger charge is 2.24. The maximum absolute atomic E-state index is 12.1. The van der Waals surface area contributed by atoms with Gasteiger partial charge in [0.25, 0.3) is 0 Å². The fourth-order valence-electron chi connectivity index (χ4n) is 3.14. The van der Waals surface area contributed by atoms with Crippen molar-refractivity contribution in [3.63, 3.8) is 0 Å². The molecule has 2 heterocycles. The van der Waals surface area contributed by atoms with E-state index >= 15 is 0 Å². The zero-order valence-corrected chi connectivity index (χ0v) is 14.3. The van der Waals surface area contributed by atoms with E-state index in [-0.39, 0.29) is 12.0 Å². The number of thiazole rings is 1. The average Bonchev–Trinajstić information content (AvgIpc) is 3.11. The Bertz CT molecular complexity index is 530. The van der Waals surface area contributed by atoms with Gasteiger partial charge < -0.3 is 10.1 Å². The number of allylic oxidation sites excluding steroid dienone is 1. The van der Waals surface area contributed by atoms with Crippen LogP contribution in [-0.2, 0) is 9.53 Å². The second-order valence-electron chi connectivity index (χ2n) is 6.17. The number of hydrogen-bond acceptors (Lipinski definition) is 5. The van der Waals surface area contributed by atoms with Gasteiger partial charge in [-0.2, -0.15) is 0 Å². The number of nitrogens with zero attached hydrogens (tertiary/aromatic N) is 2. The molecule has 3 rings (SSSR count). The first-order valence-electron chi connectivity index (χ1n) is 8.49. The predicted molar refractivity (Wildman–Crippen MR) is 91.4 cm³/mol. The van der Waals surface area contributed by atoms with Crippen LogP contribution in [0.1, 0.15) is 43.2 Å². The van der Waals surface area contributed by atoms with Crippen molar-refractivity contribution in [3.05, 3.63) is 28.2 Å². The molecule has 1 aromatic heterocycles. The minimum Gasteiger partial charge on any atom is -0.368 e. The lowest BCUT2D eigenvalue weighted by Gasteiger charge is -2.31. The van der Waals surface area contributed by atoms with E-state index in [2.05, 4.69) is 21.3 Å². The topological polar surface area (TPSA) is 54.5 Å². The van der Waals surface area contributed by atoms with E-state index in [9.17, 15) is 4.79 Å². The van der Waals surface area contributed by atoms with Gasteiger partial charge in [-0.25, -0.2) is 4.98 Å². The molecule has 1 unspecified atom stereocenters. The van der Waals surface area contributed by atoms with Gasteiger partial charge in [0.15, 0.2) is 0 Å². The maximum Gasteiger partial charge on any atom is 0.234 e. The van der Waals surface area contributed by atoms with Crippen molar-refractivity contribution in [1.82, 2.24) is 15.2 Å². The molecule has 1 aliphatic carbocycles. The summed E-state index contributed by atoms with van der Waals surface area (Å²) in [7, 11) is 0. The van der Waals surface area contributed by atoms with E-state index in [1.807, 2.05) is 5.38 Å². The molecule has 1 aliphatic heterocycles. The normalized spacial score (nSPS) is 22.6. The summed E-state index contributed by atoms with van der Waals surface area (Å²) in [5, 5.41) is 6.01. The molecule has 1 amide bonds. The lowest BCUT2D eigenvalue weighted by Crippen LogP contribution is -2.44. The van der Waals surface area contributed by atoms with Crippen LogP contribution in [0.2, 0.25) is 0 Å². The minimum absolute atomic E-state index is 0.00365. The molecule has 5 nitrogen and oxygen atoms in total. The highest BCUT2D eigenvalue weighted by molar-refractivity contribution is 7.09. The quantitative estimate of drug-likeness (QED) is 0.812. The smallest absolute Gasteiger partial charge is 0.234 e. The first kappa shape index (κ1) is 16.6. The number of rotatable bonds is 6. The zero-order chi connectivity index (χ0) is 15.9. The molecule has 126 valence electrons. The van der Waals surface area contributed by atoms with Crippen LogP contribution in [0.25, 0.3) is 0 Å². The van der Waals surface area contributed by atoms with Crippen molar-refractivity contribution >= 4 is 17.2 Å². The molecule has 0 radical (unpaired) electrons. The first-order chi connectivity index (χ1) is 11.3. The molecule has 0 spiro atoms. The van der Waals surface area contributed by atoms with Crippen molar-refractivity contribution in [2.45, 2.75) is 38.2 Å². The molecule has 1 atom stereocenters. The number of nitrogens with one attached hydrogen (secondary N) is 1. The Morgan fingerprint density at radius 1 is 1.48 bits per heavy atom. The van der Waals surface area contributed by atoms with Gasteiger partial charge in [0, 0.05) is 31.2 Å². The Kier molecular flexibility index (Phi) is 6.19. The number of carbonyl (C=O) groups is 1. The van der Waals surface area contributed by atoms with Gasteiger partial charge in [0.05, 0.1) is 13.2 Å². The van der Waals surface area contributed by atoms with Crippen LogP contribution in [-0.4, -0.2) is 48.6 Å². The largest absolute Gasteiger partial charge is 0.368 e. The number of carbonyl (C=O) groups excluding carboxylic acids is 1. The molecule has 1 aromatic rings. The van der Waals surface area contributed by atoms with Crippen LogP contribution in [0.5, 0.6) is 0 Å². The third-order valence-corrected chi connectivity index (χ3v) is 5.27. The van der Waals surface area contributed by atoms with Gasteiger partial charge in [-0.3, -0.25) is 9.69 Å². The Labute approximate surface area is 141 Å². The summed E-state index contributed by atoms with van der Waals surface area (Å²) in [6, 6.07) is 0. The lowest BCUT2D eigenvalue weighted by molar-refractivity contribution is -0.124. The molecule has 6 heteroatoms. The molecular formula is C17H25N3O2S. The van der Waals surface area contributed by atoms with Crippen molar-refractivity contribution in [2.24, 2.45) is 0 Å². The molecule has 2 aliphatic rings. The fourth-order valence-corrected chi connectivity index (χ4v) is 3.82. The summed E-state index contributed by atoms with van der Waals surface area (Å²) in [5.74, 6) is 0.112. The van der Waals surface area contributed by atoms with Gasteiger partial charge in [0.1, 0.15) is 11.1 Å². The monoisotopic (exact) mass is 335 g/mol. The number of ether oxygens (including phenoxy) is 1. The molecule has 1 saturated heterocycles. The van der Waals surface area contributed by atoms with Crippen LogP contribution < -0.4 is 5.32 Å². The van der Waals surface area contributed by atoms with Gasteiger partial charge in [-0.1, -0.05) is 11.6 Å². The van der Waals surface area contributed by atoms with Crippen molar-refractivity contribution in [1.29, 1.82) is 0 Å². The van der Waals surface area contributed by atoms with Crippen molar-refractivity contribution in [3.8, 4) is 0 Å². The summed E-state index contributed by atoms with van der Waals surface area (Å²) < 4.78 is 5.76. The Morgan fingerprint density at radius 3 is 3.22 bits per heavy atom. The maximum atomic E-state index is 12.1. The highest BCUT2D eigenvalue weighted by atomic mass is 32.1. The highest BCUT2D eigenvalue weighted by Crippen LogP contribution is 2.23. The van der Waals surface area contributed by atoms with Crippen LogP contribution >= 0.6 is 11.3 Å². The van der Waals surface area contributed by atoms with Gasteiger partial charge in [-0.05, 0) is 32.1 Å². The zero-order valence-electron chi connectivity index (χ0n) is 13.5. The van der Waals surface area contributed by atoms with Gasteiger partial charge >= 0.3 is 0 Å². The van der Waals surface area contributed by atoms with Crippen LogP contribution in [0.15, 0.2) is 23.2 Å². The van der Waals surface area contributed by atoms with E-state index in [0.29, 0.717) is 13.2 Å². The van der Waals surface area contributed by atoms with Gasteiger partial charge in [0.2, 0.25) is 5.91 Å². The fraction of sp³-hybridized carbons (Fsp3) is 0.647. The molecule has 0 saturated carbocycles. The molecule has 1 fully saturated rings. The third kappa shape index (κ3) is 5.12. The van der Waals surface area contributed by atoms with Crippen LogP contribution in [0.3, 0.4) is 0 Å². The average molecular weight is 335 g/mol. The van der Waals surface area contributed by atoms with Crippen LogP contribution in [0.4, 0.5) is 0 Å². The number of amides is 1. The minimum atomic E-state index is 0.00365. The standard InChI is InChI=1S/C17H25N3O2S/c21-16(18-7-6-14-4-2-1-3-5-14)13-20-9-10-22-15(12-20)17-19-8-11-23-17/h4,8,11,15H,1-3,5-7,9-10,12-13H2,(H,18,21). The Hall–Kier alpha value is -1.24. The second kappa shape index (κ2) is 8.57. The molecule has 23 heavy (non-hydrogen) atoms. The van der Waals surface area contributed by atoms with Crippen molar-refractivity contribution in [2.75, 3.05) is 32.8 Å². The Morgan fingerprint density at radius 2 is 2.43 bits per heavy atom. The molecular weight excluding hydrogens is 310 g/mol. The predicted octanol–water partition coefficient (Wildman–Crippen LogP) is 2.52. The van der Waals surface area contributed by atoms with E-state index in [1.165, 1.54) is 31.3 Å². The van der Waals surface area contributed by atoms with E-state index in [0.717, 1.165) is 31.1 Å². The summed E-state index contributed by atoms with van der Waals surface area (Å²) in [5.41, 5.74) is 1.51. The Balaban J connectivity index is 1.38. The lowest BCUT2D eigenvalue weighted by atomic mass is 9.97. The molecule has 1 N–H and O–H groups in total. The van der Waals surface area contributed by atoms with Crippen molar-refractivity contribution < 1.29 is 9.53 Å². The number of morpholine rings is 1. The molecule has 0 bridgehead atoms. The molecule has 0 aromatic carbocycles. The second-order valence-corrected chi connectivity index (χ2v) is 7.10. The number of hydrogen-bond donors (Lipinski definition) is 1. The summed E-state index contributed by atoms with van der Waals surface area (Å²) in [4.78, 5) is 18.6. The third-order valence-electron chi connectivity index (χ3n) is 4.40. The van der Waals surface area contributed by atoms with E-state index in [4.69, 9.17) is 4.74 Å². The summed E-state index contributed by atoms with van der Waals surface area (Å²) >= 11 is 1.61. The van der Waals surface area contributed by atoms with E-state index in [1.54, 1.807) is 17.5 Å².